The molecular formula is C21H20N2O3S. The number of nitrogens with zero attached hydrogens (tertiary/aromatic N) is 1. The third kappa shape index (κ3) is 4.80. The number of benzene rings is 2. The van der Waals surface area contributed by atoms with Crippen LogP contribution in [0.4, 0.5) is 5.13 Å². The lowest BCUT2D eigenvalue weighted by Crippen LogP contribution is -2.20. The number of hydrogen-bond donors (Lipinski definition) is 1. The summed E-state index contributed by atoms with van der Waals surface area (Å²) in [5.41, 5.74) is 4.74. The molecule has 1 N–H and O–H groups in total. The van der Waals surface area contributed by atoms with E-state index in [0.717, 1.165) is 22.4 Å². The van der Waals surface area contributed by atoms with Gasteiger partial charge in [-0.15, -0.1) is 11.3 Å². The molecule has 0 bridgehead atoms. The van der Waals surface area contributed by atoms with Crippen molar-refractivity contribution in [1.29, 1.82) is 0 Å². The number of rotatable bonds is 6. The molecule has 2 aromatic carbocycles. The summed E-state index contributed by atoms with van der Waals surface area (Å²) in [6.07, 6.45) is 0. The number of anilines is 1. The molecule has 5 nitrogen and oxygen atoms in total. The van der Waals surface area contributed by atoms with Crippen LogP contribution in [0, 0.1) is 13.8 Å². The summed E-state index contributed by atoms with van der Waals surface area (Å²) in [6.45, 7) is 5.41. The normalized spacial score (nSPS) is 10.5. The van der Waals surface area contributed by atoms with Gasteiger partial charge in [0.2, 0.25) is 0 Å². The molecule has 0 aliphatic carbocycles. The maximum atomic E-state index is 12.1. The van der Waals surface area contributed by atoms with Gasteiger partial charge in [-0.1, -0.05) is 29.8 Å². The van der Waals surface area contributed by atoms with Crippen LogP contribution in [0.1, 0.15) is 28.4 Å². The number of aromatic nitrogens is 1. The molecule has 0 radical (unpaired) electrons. The van der Waals surface area contributed by atoms with E-state index < -0.39 is 0 Å². The van der Waals surface area contributed by atoms with Crippen molar-refractivity contribution in [1.82, 2.24) is 4.98 Å². The Morgan fingerprint density at radius 1 is 1.15 bits per heavy atom. The van der Waals surface area contributed by atoms with E-state index in [1.54, 1.807) is 24.3 Å². The zero-order valence-electron chi connectivity index (χ0n) is 15.4. The van der Waals surface area contributed by atoms with E-state index in [-0.39, 0.29) is 18.3 Å². The van der Waals surface area contributed by atoms with Crippen LogP contribution in [0.5, 0.6) is 5.75 Å². The molecule has 27 heavy (non-hydrogen) atoms. The Labute approximate surface area is 162 Å². The van der Waals surface area contributed by atoms with Crippen molar-refractivity contribution in [2.45, 2.75) is 20.8 Å². The molecule has 0 spiro atoms. The molecule has 0 atom stereocenters. The summed E-state index contributed by atoms with van der Waals surface area (Å²) in [5, 5.41) is 5.20. The maximum Gasteiger partial charge on any atom is 0.264 e. The number of carbonyl (C=O) groups is 2. The fraction of sp³-hybridized carbons (Fsp3) is 0.190. The topological polar surface area (TPSA) is 68.3 Å². The third-order valence-corrected chi connectivity index (χ3v) is 4.79. The maximum absolute atomic E-state index is 12.1. The fourth-order valence-corrected chi connectivity index (χ4v) is 3.30. The second-order valence-corrected chi connectivity index (χ2v) is 7.14. The Morgan fingerprint density at radius 2 is 1.96 bits per heavy atom. The Hall–Kier alpha value is -2.99. The number of amides is 1. The van der Waals surface area contributed by atoms with E-state index >= 15 is 0 Å². The lowest BCUT2D eigenvalue weighted by atomic mass is 10.0. The van der Waals surface area contributed by atoms with Crippen molar-refractivity contribution < 1.29 is 14.3 Å². The van der Waals surface area contributed by atoms with E-state index in [9.17, 15) is 9.59 Å². The number of hydrogen-bond acceptors (Lipinski definition) is 5. The van der Waals surface area contributed by atoms with Gasteiger partial charge in [-0.25, -0.2) is 4.98 Å². The van der Waals surface area contributed by atoms with Gasteiger partial charge in [-0.3, -0.25) is 14.9 Å². The molecule has 0 unspecified atom stereocenters. The lowest BCUT2D eigenvalue weighted by Gasteiger charge is -2.07. The molecule has 1 heterocycles. The number of carbonyl (C=O) groups excluding carboxylic acids is 2. The van der Waals surface area contributed by atoms with Crippen molar-refractivity contribution in [3.63, 3.8) is 0 Å². The molecule has 0 saturated carbocycles. The lowest BCUT2D eigenvalue weighted by molar-refractivity contribution is -0.118. The SMILES string of the molecule is CC(=O)c1cccc(OCC(=O)Nc2nc(-c3cc(C)ccc3C)cs2)c1. The molecule has 138 valence electrons. The first-order valence-electron chi connectivity index (χ1n) is 8.49. The Balaban J connectivity index is 1.62. The Bertz CT molecular complexity index is 995. The van der Waals surface area contributed by atoms with Crippen LogP contribution in [-0.2, 0) is 4.79 Å². The average molecular weight is 380 g/mol. The van der Waals surface area contributed by atoms with Crippen LogP contribution < -0.4 is 10.1 Å². The molecule has 1 amide bonds. The molecule has 0 aliphatic rings. The second-order valence-electron chi connectivity index (χ2n) is 6.28. The van der Waals surface area contributed by atoms with Crippen molar-refractivity contribution in [2.75, 3.05) is 11.9 Å². The van der Waals surface area contributed by atoms with E-state index in [1.807, 2.05) is 19.2 Å². The molecule has 3 aromatic rings. The van der Waals surface area contributed by atoms with Crippen LogP contribution in [-0.4, -0.2) is 23.3 Å². The van der Waals surface area contributed by atoms with Crippen LogP contribution in [0.15, 0.2) is 47.8 Å². The van der Waals surface area contributed by atoms with E-state index in [2.05, 4.69) is 28.5 Å². The summed E-state index contributed by atoms with van der Waals surface area (Å²) in [4.78, 5) is 28.0. The number of Topliss-reactive ketones (excluding diaryl/α,β-unsaturated/α-hetero) is 1. The molecule has 0 aliphatic heterocycles. The van der Waals surface area contributed by atoms with E-state index in [0.29, 0.717) is 16.4 Å². The zero-order chi connectivity index (χ0) is 19.4. The summed E-state index contributed by atoms with van der Waals surface area (Å²) < 4.78 is 5.47. The minimum Gasteiger partial charge on any atom is -0.484 e. The van der Waals surface area contributed by atoms with Crippen LogP contribution in [0.2, 0.25) is 0 Å². The first-order valence-corrected chi connectivity index (χ1v) is 9.37. The number of ketones is 1. The summed E-state index contributed by atoms with van der Waals surface area (Å²) in [5.74, 6) is 0.129. The summed E-state index contributed by atoms with van der Waals surface area (Å²) in [6, 6.07) is 13.0. The van der Waals surface area contributed by atoms with Gasteiger partial charge in [0, 0.05) is 16.5 Å². The van der Waals surface area contributed by atoms with Gasteiger partial charge in [0.15, 0.2) is 17.5 Å². The third-order valence-electron chi connectivity index (χ3n) is 4.03. The summed E-state index contributed by atoms with van der Waals surface area (Å²) in [7, 11) is 0. The summed E-state index contributed by atoms with van der Waals surface area (Å²) >= 11 is 1.37. The number of ether oxygens (including phenoxy) is 1. The largest absolute Gasteiger partial charge is 0.484 e. The van der Waals surface area contributed by atoms with Crippen molar-refractivity contribution in [2.24, 2.45) is 0 Å². The van der Waals surface area contributed by atoms with Gasteiger partial charge >= 0.3 is 0 Å². The van der Waals surface area contributed by atoms with Crippen molar-refractivity contribution in [3.05, 3.63) is 64.5 Å². The van der Waals surface area contributed by atoms with Crippen LogP contribution in [0.25, 0.3) is 11.3 Å². The zero-order valence-corrected chi connectivity index (χ0v) is 16.2. The van der Waals surface area contributed by atoms with Gasteiger partial charge in [0.05, 0.1) is 5.69 Å². The Morgan fingerprint density at radius 3 is 2.74 bits per heavy atom. The molecule has 3 rings (SSSR count). The van der Waals surface area contributed by atoms with Gasteiger partial charge in [0.1, 0.15) is 5.75 Å². The smallest absolute Gasteiger partial charge is 0.264 e. The average Bonchev–Trinajstić information content (AvgIpc) is 3.10. The minimum absolute atomic E-state index is 0.0494. The monoisotopic (exact) mass is 380 g/mol. The molecule has 0 saturated heterocycles. The van der Waals surface area contributed by atoms with Crippen molar-refractivity contribution in [3.8, 4) is 17.0 Å². The molecule has 1 aromatic heterocycles. The molecule has 0 fully saturated rings. The molecule has 6 heteroatoms. The van der Waals surface area contributed by atoms with Gasteiger partial charge in [-0.2, -0.15) is 0 Å². The van der Waals surface area contributed by atoms with Crippen LogP contribution in [0.3, 0.4) is 0 Å². The van der Waals surface area contributed by atoms with E-state index in [1.165, 1.54) is 18.3 Å². The quantitative estimate of drug-likeness (QED) is 0.632. The predicted octanol–water partition coefficient (Wildman–Crippen LogP) is 4.65. The van der Waals surface area contributed by atoms with Gasteiger partial charge in [0.25, 0.3) is 5.91 Å². The number of nitrogens with one attached hydrogen (secondary N) is 1. The van der Waals surface area contributed by atoms with Crippen LogP contribution >= 0.6 is 11.3 Å². The minimum atomic E-state index is -0.301. The second kappa shape index (κ2) is 8.14. The first kappa shape index (κ1) is 18.8. The number of thiazole rings is 1. The fourth-order valence-electron chi connectivity index (χ4n) is 2.58. The molecular weight excluding hydrogens is 360 g/mol. The first-order chi connectivity index (χ1) is 12.9. The van der Waals surface area contributed by atoms with Gasteiger partial charge in [-0.05, 0) is 44.5 Å². The van der Waals surface area contributed by atoms with Gasteiger partial charge < -0.3 is 4.74 Å². The standard InChI is InChI=1S/C21H20N2O3S/c1-13-7-8-14(2)18(9-13)19-12-27-21(22-19)23-20(25)11-26-17-6-4-5-16(10-17)15(3)24/h4-10,12H,11H2,1-3H3,(H,22,23,25). The highest BCUT2D eigenvalue weighted by atomic mass is 32.1. The van der Waals surface area contributed by atoms with Crippen molar-refractivity contribution >= 4 is 28.2 Å². The predicted molar refractivity (Wildman–Crippen MR) is 108 cm³/mol. The highest BCUT2D eigenvalue weighted by Crippen LogP contribution is 2.28. The highest BCUT2D eigenvalue weighted by molar-refractivity contribution is 7.14. The Kier molecular flexibility index (Phi) is 5.66. The number of aryl methyl sites for hydroxylation is 2. The highest BCUT2D eigenvalue weighted by Gasteiger charge is 2.11. The van der Waals surface area contributed by atoms with E-state index in [4.69, 9.17) is 4.74 Å².